The molecule has 2 aliphatic rings. The first-order valence-electron chi connectivity index (χ1n) is 7.31. The minimum absolute atomic E-state index is 0.441. The fraction of sp³-hybridized carbons (Fsp3) is 0.312. The summed E-state index contributed by atoms with van der Waals surface area (Å²) in [5.41, 5.74) is 10.0. The molecule has 1 atom stereocenters. The van der Waals surface area contributed by atoms with Crippen LogP contribution in [0.5, 0.6) is 0 Å². The summed E-state index contributed by atoms with van der Waals surface area (Å²) in [6.45, 7) is 0. The molecule has 2 heterocycles. The van der Waals surface area contributed by atoms with E-state index >= 15 is 0 Å². The summed E-state index contributed by atoms with van der Waals surface area (Å²) >= 11 is 0. The highest BCUT2D eigenvalue weighted by Gasteiger charge is 2.41. The minimum atomic E-state index is -0.544. The maximum atomic E-state index is 5.88. The smallest absolute Gasteiger partial charge is 0.218 e. The number of rotatable bonds is 1. The Balaban J connectivity index is 1.70. The first-order valence-corrected chi connectivity index (χ1v) is 7.31. The van der Waals surface area contributed by atoms with Gasteiger partial charge in [-0.25, -0.2) is 24.9 Å². The third kappa shape index (κ3) is 2.12. The Morgan fingerprint density at radius 2 is 2.00 bits per heavy atom. The van der Waals surface area contributed by atoms with Crippen molar-refractivity contribution in [3.05, 3.63) is 48.0 Å². The van der Waals surface area contributed by atoms with Gasteiger partial charge in [-0.1, -0.05) is 18.2 Å². The number of guanidine groups is 1. The van der Waals surface area contributed by atoms with Gasteiger partial charge in [-0.05, 0) is 23.1 Å². The molecule has 0 bridgehead atoms. The van der Waals surface area contributed by atoms with Crippen LogP contribution in [0.4, 0.5) is 0 Å². The van der Waals surface area contributed by atoms with Gasteiger partial charge in [-0.15, -0.1) is 0 Å². The van der Waals surface area contributed by atoms with Crippen molar-refractivity contribution in [1.82, 2.24) is 15.0 Å². The predicted octanol–water partition coefficient (Wildman–Crippen LogP) is 1.52. The number of fused-ring (bicyclic) bond motifs is 1. The van der Waals surface area contributed by atoms with Gasteiger partial charge >= 0.3 is 0 Å². The Hall–Kier alpha value is -2.47. The monoisotopic (exact) mass is 295 g/mol. The zero-order valence-electron chi connectivity index (χ0n) is 12.4. The largest absolute Gasteiger partial charge is 0.368 e. The second kappa shape index (κ2) is 4.78. The summed E-state index contributed by atoms with van der Waals surface area (Å²) in [6.07, 6.45) is 7.70. The Labute approximate surface area is 128 Å². The highest BCUT2D eigenvalue weighted by atomic mass is 16.7. The molecule has 1 spiro atoms. The van der Waals surface area contributed by atoms with Crippen molar-refractivity contribution < 1.29 is 4.84 Å². The van der Waals surface area contributed by atoms with Gasteiger partial charge in [-0.2, -0.15) is 0 Å². The van der Waals surface area contributed by atoms with Gasteiger partial charge in [-0.3, -0.25) is 0 Å². The van der Waals surface area contributed by atoms with E-state index in [2.05, 4.69) is 33.2 Å². The molecule has 4 rings (SSSR count). The van der Waals surface area contributed by atoms with Crippen LogP contribution in [0, 0.1) is 0 Å². The van der Waals surface area contributed by atoms with Gasteiger partial charge in [0, 0.05) is 37.8 Å². The van der Waals surface area contributed by atoms with E-state index < -0.39 is 5.72 Å². The zero-order chi connectivity index (χ0) is 15.2. The van der Waals surface area contributed by atoms with Crippen LogP contribution in [0.3, 0.4) is 0 Å². The number of benzene rings is 1. The lowest BCUT2D eigenvalue weighted by Crippen LogP contribution is -2.37. The molecule has 0 amide bonds. The number of aryl methyl sites for hydroxylation is 1. The van der Waals surface area contributed by atoms with E-state index in [0.717, 1.165) is 30.4 Å². The molecular formula is C16H17N5O. The first kappa shape index (κ1) is 13.2. The van der Waals surface area contributed by atoms with Crippen LogP contribution in [-0.2, 0) is 17.7 Å². The summed E-state index contributed by atoms with van der Waals surface area (Å²) in [5, 5.41) is 1.56. The fourth-order valence-electron chi connectivity index (χ4n) is 3.15. The molecule has 112 valence electrons. The molecule has 6 heteroatoms. The summed E-state index contributed by atoms with van der Waals surface area (Å²) in [5.74, 6) is 0.441. The topological polar surface area (TPSA) is 76.6 Å². The Kier molecular flexibility index (Phi) is 2.87. The maximum absolute atomic E-state index is 5.88. The molecule has 0 saturated carbocycles. The van der Waals surface area contributed by atoms with E-state index in [1.807, 2.05) is 12.4 Å². The second-order valence-corrected chi connectivity index (χ2v) is 5.79. The molecule has 22 heavy (non-hydrogen) atoms. The highest BCUT2D eigenvalue weighted by molar-refractivity contribution is 5.78. The van der Waals surface area contributed by atoms with Crippen molar-refractivity contribution in [2.75, 3.05) is 7.05 Å². The first-order chi connectivity index (χ1) is 10.7. The predicted molar refractivity (Wildman–Crippen MR) is 82.7 cm³/mol. The van der Waals surface area contributed by atoms with Crippen LogP contribution in [0.1, 0.15) is 17.5 Å². The van der Waals surface area contributed by atoms with Crippen molar-refractivity contribution in [3.8, 4) is 11.1 Å². The summed E-state index contributed by atoms with van der Waals surface area (Å²) in [6, 6.07) is 6.48. The number of nitrogens with zero attached hydrogens (tertiary/aromatic N) is 4. The van der Waals surface area contributed by atoms with Gasteiger partial charge in [0.2, 0.25) is 5.96 Å². The lowest BCUT2D eigenvalue weighted by molar-refractivity contribution is -0.171. The van der Waals surface area contributed by atoms with Gasteiger partial charge in [0.25, 0.3) is 0 Å². The van der Waals surface area contributed by atoms with E-state index in [1.54, 1.807) is 12.1 Å². The van der Waals surface area contributed by atoms with E-state index in [9.17, 15) is 0 Å². The second-order valence-electron chi connectivity index (χ2n) is 5.79. The molecule has 1 aromatic carbocycles. The van der Waals surface area contributed by atoms with Gasteiger partial charge in [0.1, 0.15) is 6.33 Å². The normalized spacial score (nSPS) is 23.5. The highest BCUT2D eigenvalue weighted by Crippen LogP contribution is 2.37. The average Bonchev–Trinajstić information content (AvgIpc) is 2.81. The van der Waals surface area contributed by atoms with Crippen molar-refractivity contribution in [1.29, 1.82) is 0 Å². The lowest BCUT2D eigenvalue weighted by atomic mass is 9.84. The number of hydroxylamine groups is 2. The summed E-state index contributed by atoms with van der Waals surface area (Å²) in [7, 11) is 1.79. The number of nitrogens with two attached hydrogens (primary N) is 1. The Bertz CT molecular complexity index is 745. The van der Waals surface area contributed by atoms with Crippen LogP contribution in [0.15, 0.2) is 41.9 Å². The summed E-state index contributed by atoms with van der Waals surface area (Å²) in [4.78, 5) is 18.6. The van der Waals surface area contributed by atoms with Crippen molar-refractivity contribution in [2.24, 2.45) is 10.7 Å². The SMILES string of the molecule is CN1OC2(CCc3ccc(-c4cncnc4)cc3C2)N=C1N. The van der Waals surface area contributed by atoms with Gasteiger partial charge < -0.3 is 5.73 Å². The zero-order valence-corrected chi connectivity index (χ0v) is 12.4. The van der Waals surface area contributed by atoms with Crippen LogP contribution < -0.4 is 5.73 Å². The molecule has 1 aromatic heterocycles. The van der Waals surface area contributed by atoms with Gasteiger partial charge in [0.15, 0.2) is 5.72 Å². The Morgan fingerprint density at radius 3 is 2.73 bits per heavy atom. The molecule has 2 N–H and O–H groups in total. The van der Waals surface area contributed by atoms with Crippen molar-refractivity contribution >= 4 is 5.96 Å². The van der Waals surface area contributed by atoms with Crippen LogP contribution in [0.2, 0.25) is 0 Å². The number of aliphatic imine (C=N–C) groups is 1. The van der Waals surface area contributed by atoms with Gasteiger partial charge in [0.05, 0.1) is 0 Å². The van der Waals surface area contributed by atoms with E-state index in [-0.39, 0.29) is 0 Å². The van der Waals surface area contributed by atoms with Crippen molar-refractivity contribution in [3.63, 3.8) is 0 Å². The van der Waals surface area contributed by atoms with Crippen LogP contribution >= 0.6 is 0 Å². The molecule has 0 fully saturated rings. The number of hydrogen-bond donors (Lipinski definition) is 1. The summed E-state index contributed by atoms with van der Waals surface area (Å²) < 4.78 is 0. The molecular weight excluding hydrogens is 278 g/mol. The third-order valence-electron chi connectivity index (χ3n) is 4.30. The quantitative estimate of drug-likeness (QED) is 0.863. The van der Waals surface area contributed by atoms with Crippen molar-refractivity contribution in [2.45, 2.75) is 25.0 Å². The number of hydrogen-bond acceptors (Lipinski definition) is 6. The third-order valence-corrected chi connectivity index (χ3v) is 4.30. The van der Waals surface area contributed by atoms with E-state index in [0.29, 0.717) is 5.96 Å². The standard InChI is InChI=1S/C16H17N5O/c1-21-15(17)20-16(22-21)5-4-11-2-3-12(6-13(11)7-16)14-8-18-10-19-9-14/h2-3,6,8-10H,4-5,7H2,1H3,(H2,17,20). The lowest BCUT2D eigenvalue weighted by Gasteiger charge is -2.31. The van der Waals surface area contributed by atoms with Crippen LogP contribution in [-0.4, -0.2) is 33.8 Å². The van der Waals surface area contributed by atoms with E-state index in [1.165, 1.54) is 17.5 Å². The molecule has 0 radical (unpaired) electrons. The Morgan fingerprint density at radius 1 is 1.18 bits per heavy atom. The molecule has 1 aliphatic heterocycles. The van der Waals surface area contributed by atoms with Crippen LogP contribution in [0.25, 0.3) is 11.1 Å². The average molecular weight is 295 g/mol. The maximum Gasteiger partial charge on any atom is 0.218 e. The number of aromatic nitrogens is 2. The fourth-order valence-corrected chi connectivity index (χ4v) is 3.15. The minimum Gasteiger partial charge on any atom is -0.368 e. The molecule has 1 unspecified atom stereocenters. The molecule has 2 aromatic rings. The molecule has 1 aliphatic carbocycles. The van der Waals surface area contributed by atoms with E-state index in [4.69, 9.17) is 10.6 Å². The molecule has 0 saturated heterocycles. The molecule has 6 nitrogen and oxygen atoms in total.